The van der Waals surface area contributed by atoms with E-state index >= 15 is 0 Å². The number of hydrogen-bond donors (Lipinski definition) is 1. The zero-order valence-corrected chi connectivity index (χ0v) is 12.9. The summed E-state index contributed by atoms with van der Waals surface area (Å²) in [5.74, 6) is -0.202. The number of nitrogens with zero attached hydrogens (tertiary/aromatic N) is 1. The molecule has 0 heterocycles. The van der Waals surface area contributed by atoms with Gasteiger partial charge in [0.05, 0.1) is 6.61 Å². The van der Waals surface area contributed by atoms with E-state index in [2.05, 4.69) is 18.7 Å². The van der Waals surface area contributed by atoms with Gasteiger partial charge in [0.2, 0.25) is 0 Å². The molecule has 3 nitrogen and oxygen atoms in total. The molecule has 2 N–H and O–H groups in total. The van der Waals surface area contributed by atoms with Gasteiger partial charge in [-0.05, 0) is 44.5 Å². The first-order valence-corrected chi connectivity index (χ1v) is 7.33. The minimum Gasteiger partial charge on any atom is -0.380 e. The first kappa shape index (κ1) is 17.1. The number of rotatable bonds is 9. The van der Waals surface area contributed by atoms with Crippen LogP contribution in [0.5, 0.6) is 0 Å². The maximum absolute atomic E-state index is 13.0. The van der Waals surface area contributed by atoms with E-state index < -0.39 is 0 Å². The monoisotopic (exact) mass is 282 g/mol. The second-order valence-corrected chi connectivity index (χ2v) is 5.28. The average molecular weight is 282 g/mol. The van der Waals surface area contributed by atoms with Gasteiger partial charge in [-0.2, -0.15) is 0 Å². The normalized spacial score (nSPS) is 14.5. The minimum atomic E-state index is -0.202. The highest BCUT2D eigenvalue weighted by atomic mass is 19.1. The van der Waals surface area contributed by atoms with Crippen LogP contribution in [0.1, 0.15) is 26.3 Å². The smallest absolute Gasteiger partial charge is 0.123 e. The van der Waals surface area contributed by atoms with Crippen LogP contribution >= 0.6 is 0 Å². The summed E-state index contributed by atoms with van der Waals surface area (Å²) in [7, 11) is 0. The molecule has 1 rings (SSSR count). The van der Waals surface area contributed by atoms with Crippen LogP contribution in [0.25, 0.3) is 0 Å². The van der Waals surface area contributed by atoms with Crippen LogP contribution in [-0.4, -0.2) is 43.3 Å². The van der Waals surface area contributed by atoms with Crippen LogP contribution in [-0.2, 0) is 11.2 Å². The number of ether oxygens (including phenoxy) is 1. The molecule has 114 valence electrons. The van der Waals surface area contributed by atoms with Gasteiger partial charge in [-0.25, -0.2) is 4.39 Å². The highest BCUT2D eigenvalue weighted by Gasteiger charge is 2.29. The number of nitrogens with two attached hydrogens (primary N) is 1. The highest BCUT2D eigenvalue weighted by Crippen LogP contribution is 2.20. The lowest BCUT2D eigenvalue weighted by Crippen LogP contribution is -2.54. The maximum Gasteiger partial charge on any atom is 0.123 e. The second kappa shape index (κ2) is 8.35. The van der Waals surface area contributed by atoms with Crippen LogP contribution in [0.4, 0.5) is 4.39 Å². The fourth-order valence-corrected chi connectivity index (χ4v) is 2.48. The zero-order chi connectivity index (χ0) is 15.0. The standard InChI is InChI=1S/C16H27FN2O/c1-4-19(10-11-20-5-2)16(3,13-18)12-14-6-8-15(17)9-7-14/h6-9H,4-5,10-13,18H2,1-3H3. The fraction of sp³-hybridized carbons (Fsp3) is 0.625. The summed E-state index contributed by atoms with van der Waals surface area (Å²) >= 11 is 0. The predicted octanol–water partition coefficient (Wildman–Crippen LogP) is 2.44. The fourth-order valence-electron chi connectivity index (χ4n) is 2.48. The maximum atomic E-state index is 13.0. The summed E-state index contributed by atoms with van der Waals surface area (Å²) in [5.41, 5.74) is 6.98. The van der Waals surface area contributed by atoms with Crippen molar-refractivity contribution in [1.82, 2.24) is 4.90 Å². The lowest BCUT2D eigenvalue weighted by atomic mass is 9.90. The van der Waals surface area contributed by atoms with Gasteiger partial charge in [-0.1, -0.05) is 19.1 Å². The number of halogens is 1. The molecule has 0 saturated carbocycles. The van der Waals surface area contributed by atoms with Crippen molar-refractivity contribution in [3.8, 4) is 0 Å². The molecule has 1 unspecified atom stereocenters. The number of hydrogen-bond acceptors (Lipinski definition) is 3. The van der Waals surface area contributed by atoms with Crippen LogP contribution in [0.2, 0.25) is 0 Å². The van der Waals surface area contributed by atoms with Crippen molar-refractivity contribution in [3.05, 3.63) is 35.6 Å². The summed E-state index contributed by atoms with van der Waals surface area (Å²) in [4.78, 5) is 2.34. The second-order valence-electron chi connectivity index (χ2n) is 5.28. The van der Waals surface area contributed by atoms with Crippen LogP contribution in [0.3, 0.4) is 0 Å². The van der Waals surface area contributed by atoms with E-state index in [1.165, 1.54) is 12.1 Å². The summed E-state index contributed by atoms with van der Waals surface area (Å²) in [5, 5.41) is 0. The van der Waals surface area contributed by atoms with Crippen molar-refractivity contribution in [1.29, 1.82) is 0 Å². The molecule has 0 aliphatic rings. The number of benzene rings is 1. The molecular formula is C16H27FN2O. The molecule has 0 aromatic heterocycles. The molecule has 0 bridgehead atoms. The summed E-state index contributed by atoms with van der Waals surface area (Å²) < 4.78 is 18.4. The zero-order valence-electron chi connectivity index (χ0n) is 12.9. The molecule has 1 atom stereocenters. The van der Waals surface area contributed by atoms with Crippen molar-refractivity contribution >= 4 is 0 Å². The minimum absolute atomic E-state index is 0.135. The average Bonchev–Trinajstić information content (AvgIpc) is 2.46. The molecular weight excluding hydrogens is 255 g/mol. The quantitative estimate of drug-likeness (QED) is 0.707. The molecule has 0 aliphatic carbocycles. The molecule has 1 aromatic rings. The van der Waals surface area contributed by atoms with Crippen LogP contribution < -0.4 is 5.73 Å². The Kier molecular flexibility index (Phi) is 7.13. The molecule has 0 radical (unpaired) electrons. The largest absolute Gasteiger partial charge is 0.380 e. The van der Waals surface area contributed by atoms with Crippen molar-refractivity contribution in [3.63, 3.8) is 0 Å². The molecule has 0 saturated heterocycles. The molecule has 0 spiro atoms. The third-order valence-corrected chi connectivity index (χ3v) is 3.79. The van der Waals surface area contributed by atoms with Gasteiger partial charge in [0.25, 0.3) is 0 Å². The summed E-state index contributed by atoms with van der Waals surface area (Å²) in [6, 6.07) is 6.67. The topological polar surface area (TPSA) is 38.5 Å². The molecule has 1 aromatic carbocycles. The third-order valence-electron chi connectivity index (χ3n) is 3.79. The Labute approximate surface area is 121 Å². The Balaban J connectivity index is 2.74. The molecule has 0 amide bonds. The SMILES string of the molecule is CCOCCN(CC)C(C)(CN)Cc1ccc(F)cc1. The van der Waals surface area contributed by atoms with Crippen molar-refractivity contribution in [2.24, 2.45) is 5.73 Å². The Bertz CT molecular complexity index is 383. The Morgan fingerprint density at radius 2 is 1.90 bits per heavy atom. The van der Waals surface area contributed by atoms with E-state index in [1.54, 1.807) is 0 Å². The highest BCUT2D eigenvalue weighted by molar-refractivity contribution is 5.19. The van der Waals surface area contributed by atoms with Gasteiger partial charge in [0.1, 0.15) is 5.82 Å². The Hall–Kier alpha value is -0.970. The third kappa shape index (κ3) is 4.85. The molecule has 0 fully saturated rings. The van der Waals surface area contributed by atoms with E-state index in [1.807, 2.05) is 19.1 Å². The summed E-state index contributed by atoms with van der Waals surface area (Å²) in [6.07, 6.45) is 0.809. The van der Waals surface area contributed by atoms with Gasteiger partial charge >= 0.3 is 0 Å². The summed E-state index contributed by atoms with van der Waals surface area (Å²) in [6.45, 7) is 10.1. The van der Waals surface area contributed by atoms with Gasteiger partial charge in [0.15, 0.2) is 0 Å². The van der Waals surface area contributed by atoms with Crippen molar-refractivity contribution in [2.75, 3.05) is 32.8 Å². The van der Waals surface area contributed by atoms with Gasteiger partial charge in [-0.15, -0.1) is 0 Å². The molecule has 4 heteroatoms. The lowest BCUT2D eigenvalue weighted by molar-refractivity contribution is 0.0609. The van der Waals surface area contributed by atoms with E-state index in [0.29, 0.717) is 13.2 Å². The van der Waals surface area contributed by atoms with Gasteiger partial charge in [-0.3, -0.25) is 4.90 Å². The lowest BCUT2D eigenvalue weighted by Gasteiger charge is -2.40. The Morgan fingerprint density at radius 3 is 2.40 bits per heavy atom. The van der Waals surface area contributed by atoms with Gasteiger partial charge < -0.3 is 10.5 Å². The van der Waals surface area contributed by atoms with Crippen LogP contribution in [0, 0.1) is 5.82 Å². The van der Waals surface area contributed by atoms with Gasteiger partial charge in [0, 0.05) is 25.2 Å². The van der Waals surface area contributed by atoms with E-state index in [9.17, 15) is 4.39 Å². The van der Waals surface area contributed by atoms with Crippen molar-refractivity contribution < 1.29 is 9.13 Å². The number of likely N-dealkylation sites (N-methyl/N-ethyl adjacent to an activating group) is 1. The van der Waals surface area contributed by atoms with E-state index in [4.69, 9.17) is 10.5 Å². The molecule has 0 aliphatic heterocycles. The molecule has 20 heavy (non-hydrogen) atoms. The van der Waals surface area contributed by atoms with Crippen LogP contribution in [0.15, 0.2) is 24.3 Å². The van der Waals surface area contributed by atoms with Crippen molar-refractivity contribution in [2.45, 2.75) is 32.7 Å². The Morgan fingerprint density at radius 1 is 1.25 bits per heavy atom. The first-order chi connectivity index (χ1) is 9.55. The first-order valence-electron chi connectivity index (χ1n) is 7.33. The van der Waals surface area contributed by atoms with E-state index in [0.717, 1.165) is 31.7 Å². The van der Waals surface area contributed by atoms with E-state index in [-0.39, 0.29) is 11.4 Å². The predicted molar refractivity (Wildman–Crippen MR) is 81.3 cm³/mol.